The van der Waals surface area contributed by atoms with Crippen LogP contribution >= 0.6 is 27.5 Å². The van der Waals surface area contributed by atoms with E-state index in [-0.39, 0.29) is 23.8 Å². The molecule has 212 valence electrons. The van der Waals surface area contributed by atoms with Gasteiger partial charge in [-0.3, -0.25) is 13.9 Å². The summed E-state index contributed by atoms with van der Waals surface area (Å²) >= 11 is 9.43. The van der Waals surface area contributed by atoms with Crippen molar-refractivity contribution in [1.82, 2.24) is 10.2 Å². The molecule has 41 heavy (non-hydrogen) atoms. The minimum atomic E-state index is -4.17. The van der Waals surface area contributed by atoms with Gasteiger partial charge < -0.3 is 10.2 Å². The number of nitrogens with zero attached hydrogens (tertiary/aromatic N) is 2. The number of benzene rings is 4. The highest BCUT2D eigenvalue weighted by molar-refractivity contribution is 9.10. The molecule has 2 amide bonds. The van der Waals surface area contributed by atoms with Crippen LogP contribution in [0.2, 0.25) is 5.02 Å². The van der Waals surface area contributed by atoms with E-state index in [2.05, 4.69) is 21.2 Å². The summed E-state index contributed by atoms with van der Waals surface area (Å²) in [5.74, 6) is -0.884. The molecule has 1 N–H and O–H groups in total. The summed E-state index contributed by atoms with van der Waals surface area (Å²) in [6.45, 7) is -0.422. The van der Waals surface area contributed by atoms with Crippen LogP contribution in [0.5, 0.6) is 0 Å². The molecule has 0 aromatic heterocycles. The van der Waals surface area contributed by atoms with E-state index in [4.69, 9.17) is 11.6 Å². The number of sulfonamides is 1. The van der Waals surface area contributed by atoms with Gasteiger partial charge in [-0.15, -0.1) is 0 Å². The number of para-hydroxylation sites is 1. The van der Waals surface area contributed by atoms with Gasteiger partial charge in [0.05, 0.1) is 10.6 Å². The van der Waals surface area contributed by atoms with Crippen LogP contribution in [0, 0.1) is 0 Å². The van der Waals surface area contributed by atoms with Crippen LogP contribution in [0.4, 0.5) is 5.69 Å². The Morgan fingerprint density at radius 1 is 0.829 bits per heavy atom. The van der Waals surface area contributed by atoms with E-state index < -0.39 is 28.5 Å². The summed E-state index contributed by atoms with van der Waals surface area (Å²) in [6, 6.07) is 30.1. The normalized spacial score (nSPS) is 11.9. The second kappa shape index (κ2) is 13.8. The third-order valence-electron chi connectivity index (χ3n) is 6.51. The van der Waals surface area contributed by atoms with Crippen molar-refractivity contribution >= 4 is 55.1 Å². The second-order valence-corrected chi connectivity index (χ2v) is 12.5. The van der Waals surface area contributed by atoms with Gasteiger partial charge in [0.1, 0.15) is 12.6 Å². The summed E-state index contributed by atoms with van der Waals surface area (Å²) in [5, 5.41) is 3.07. The molecule has 1 unspecified atom stereocenters. The number of nitrogens with one attached hydrogen (secondary N) is 1. The average molecular weight is 655 g/mol. The first-order valence-corrected chi connectivity index (χ1v) is 15.4. The maximum Gasteiger partial charge on any atom is 0.264 e. The van der Waals surface area contributed by atoms with Crippen LogP contribution in [-0.4, -0.2) is 44.8 Å². The number of carbonyl (C=O) groups is 2. The Kier molecular flexibility index (Phi) is 10.2. The summed E-state index contributed by atoms with van der Waals surface area (Å²) in [7, 11) is -2.65. The Bertz CT molecular complexity index is 1570. The zero-order valence-corrected chi connectivity index (χ0v) is 25.4. The summed E-state index contributed by atoms with van der Waals surface area (Å²) in [5.41, 5.74) is 1.97. The molecule has 4 aromatic carbocycles. The van der Waals surface area contributed by atoms with Crippen molar-refractivity contribution in [2.24, 2.45) is 0 Å². The zero-order valence-electron chi connectivity index (χ0n) is 22.3. The molecule has 0 fully saturated rings. The third kappa shape index (κ3) is 7.75. The molecule has 0 spiro atoms. The van der Waals surface area contributed by atoms with Gasteiger partial charge in [0.25, 0.3) is 10.0 Å². The standard InChI is InChI=1S/C31H29BrClN3O4S/c1-34-31(38)29(20-23-8-4-2-5-9-23)35(21-24-12-14-25(32)15-13-24)30(37)22-36(27-10-6-3-7-11-27)41(39,40)28-18-16-26(33)17-19-28/h2-19,29H,20-22H2,1H3,(H,34,38). The molecule has 0 radical (unpaired) electrons. The summed E-state index contributed by atoms with van der Waals surface area (Å²) in [4.78, 5) is 28.9. The van der Waals surface area contributed by atoms with Crippen molar-refractivity contribution in [2.75, 3.05) is 17.9 Å². The zero-order chi connectivity index (χ0) is 29.4. The van der Waals surface area contributed by atoms with Gasteiger partial charge in [0.15, 0.2) is 0 Å². The monoisotopic (exact) mass is 653 g/mol. The number of halogens is 2. The van der Waals surface area contributed by atoms with Crippen LogP contribution in [0.1, 0.15) is 11.1 Å². The Labute approximate surface area is 253 Å². The Morgan fingerprint density at radius 2 is 1.41 bits per heavy atom. The summed E-state index contributed by atoms with van der Waals surface area (Å²) < 4.78 is 29.7. The van der Waals surface area contributed by atoms with E-state index in [9.17, 15) is 18.0 Å². The van der Waals surface area contributed by atoms with Crippen molar-refractivity contribution in [1.29, 1.82) is 0 Å². The van der Waals surface area contributed by atoms with Crippen LogP contribution in [0.3, 0.4) is 0 Å². The van der Waals surface area contributed by atoms with Crippen molar-refractivity contribution in [2.45, 2.75) is 23.9 Å². The minimum absolute atomic E-state index is 0.00912. The summed E-state index contributed by atoms with van der Waals surface area (Å²) in [6.07, 6.45) is 0.248. The van der Waals surface area contributed by atoms with E-state index in [1.165, 1.54) is 36.2 Å². The number of likely N-dealkylation sites (N-methyl/N-ethyl adjacent to an activating group) is 1. The van der Waals surface area contributed by atoms with Crippen molar-refractivity contribution in [3.8, 4) is 0 Å². The fourth-order valence-corrected chi connectivity index (χ4v) is 6.17. The smallest absolute Gasteiger partial charge is 0.264 e. The molecule has 0 saturated heterocycles. The molecule has 4 rings (SSSR count). The highest BCUT2D eigenvalue weighted by Gasteiger charge is 2.34. The van der Waals surface area contributed by atoms with E-state index in [0.717, 1.165) is 19.9 Å². The number of carbonyl (C=O) groups excluding carboxylic acids is 2. The van der Waals surface area contributed by atoms with Gasteiger partial charge in [0.2, 0.25) is 11.8 Å². The number of rotatable bonds is 11. The van der Waals surface area contributed by atoms with Crippen LogP contribution in [-0.2, 0) is 32.6 Å². The highest BCUT2D eigenvalue weighted by atomic mass is 79.9. The SMILES string of the molecule is CNC(=O)C(Cc1ccccc1)N(Cc1ccc(Br)cc1)C(=O)CN(c1ccccc1)S(=O)(=O)c1ccc(Cl)cc1. The molecule has 0 saturated carbocycles. The quantitative estimate of drug-likeness (QED) is 0.225. The van der Waals surface area contributed by atoms with Gasteiger partial charge in [0, 0.05) is 29.5 Å². The first-order valence-electron chi connectivity index (χ1n) is 12.8. The fourth-order valence-electron chi connectivity index (χ4n) is 4.36. The first-order chi connectivity index (χ1) is 19.7. The number of anilines is 1. The highest BCUT2D eigenvalue weighted by Crippen LogP contribution is 2.26. The van der Waals surface area contributed by atoms with Crippen LogP contribution in [0.25, 0.3) is 0 Å². The maximum absolute atomic E-state index is 14.2. The fraction of sp³-hybridized carbons (Fsp3) is 0.161. The second-order valence-electron chi connectivity index (χ2n) is 9.27. The topological polar surface area (TPSA) is 86.8 Å². The van der Waals surface area contributed by atoms with Crippen molar-refractivity contribution in [3.05, 3.63) is 130 Å². The number of amides is 2. The lowest BCUT2D eigenvalue weighted by Crippen LogP contribution is -2.53. The number of hydrogen-bond donors (Lipinski definition) is 1. The predicted octanol–water partition coefficient (Wildman–Crippen LogP) is 5.68. The molecular weight excluding hydrogens is 626 g/mol. The lowest BCUT2D eigenvalue weighted by molar-refractivity contribution is -0.139. The van der Waals surface area contributed by atoms with Crippen molar-refractivity contribution in [3.63, 3.8) is 0 Å². The molecule has 0 bridgehead atoms. The van der Waals surface area contributed by atoms with E-state index >= 15 is 0 Å². The molecule has 1 atom stereocenters. The maximum atomic E-state index is 14.2. The molecule has 0 aliphatic rings. The lowest BCUT2D eigenvalue weighted by Gasteiger charge is -2.33. The van der Waals surface area contributed by atoms with Crippen LogP contribution < -0.4 is 9.62 Å². The van der Waals surface area contributed by atoms with E-state index in [1.807, 2.05) is 54.6 Å². The van der Waals surface area contributed by atoms with Gasteiger partial charge >= 0.3 is 0 Å². The third-order valence-corrected chi connectivity index (χ3v) is 9.08. The van der Waals surface area contributed by atoms with E-state index in [0.29, 0.717) is 10.7 Å². The largest absolute Gasteiger partial charge is 0.357 e. The van der Waals surface area contributed by atoms with Gasteiger partial charge in [-0.05, 0) is 59.7 Å². The minimum Gasteiger partial charge on any atom is -0.357 e. The Morgan fingerprint density at radius 3 is 2.00 bits per heavy atom. The van der Waals surface area contributed by atoms with E-state index in [1.54, 1.807) is 30.3 Å². The molecule has 0 heterocycles. The predicted molar refractivity (Wildman–Crippen MR) is 165 cm³/mol. The Hall–Kier alpha value is -3.66. The lowest BCUT2D eigenvalue weighted by atomic mass is 10.0. The Balaban J connectivity index is 1.76. The molecule has 0 aliphatic heterocycles. The van der Waals surface area contributed by atoms with Crippen LogP contribution in [0.15, 0.2) is 119 Å². The first kappa shape index (κ1) is 30.3. The van der Waals surface area contributed by atoms with Crippen molar-refractivity contribution < 1.29 is 18.0 Å². The van der Waals surface area contributed by atoms with Gasteiger partial charge in [-0.1, -0.05) is 88.2 Å². The molecule has 0 aliphatic carbocycles. The van der Waals surface area contributed by atoms with Gasteiger partial charge in [-0.25, -0.2) is 8.42 Å². The molecule has 4 aromatic rings. The van der Waals surface area contributed by atoms with Gasteiger partial charge in [-0.2, -0.15) is 0 Å². The molecule has 10 heteroatoms. The molecule has 7 nitrogen and oxygen atoms in total. The average Bonchev–Trinajstić information content (AvgIpc) is 2.99. The molecular formula is C31H29BrClN3O4S. The number of hydrogen-bond acceptors (Lipinski definition) is 4.